The van der Waals surface area contributed by atoms with Crippen LogP contribution in [0.15, 0.2) is 71.2 Å². The van der Waals surface area contributed by atoms with E-state index in [0.29, 0.717) is 35.4 Å². The number of nitrogens with one attached hydrogen (secondary N) is 1. The van der Waals surface area contributed by atoms with Crippen LogP contribution in [-0.2, 0) is 14.3 Å². The number of esters is 1. The normalized spacial score (nSPS) is 20.8. The molecule has 2 heterocycles. The maximum Gasteiger partial charge on any atom is 0.336 e. The Kier molecular flexibility index (Phi) is 5.89. The van der Waals surface area contributed by atoms with Crippen molar-refractivity contribution in [3.63, 3.8) is 0 Å². The van der Waals surface area contributed by atoms with Gasteiger partial charge in [0.1, 0.15) is 5.75 Å². The first-order valence-corrected chi connectivity index (χ1v) is 10.5. The van der Waals surface area contributed by atoms with E-state index in [1.54, 1.807) is 20.2 Å². The van der Waals surface area contributed by atoms with Gasteiger partial charge in [-0.25, -0.2) is 4.79 Å². The van der Waals surface area contributed by atoms with Gasteiger partial charge in [-0.05, 0) is 56.0 Å². The molecule has 6 nitrogen and oxygen atoms in total. The number of carbonyl (C=O) groups is 2. The van der Waals surface area contributed by atoms with Crippen LogP contribution in [-0.4, -0.2) is 30.5 Å². The van der Waals surface area contributed by atoms with E-state index in [-0.39, 0.29) is 18.3 Å². The van der Waals surface area contributed by atoms with E-state index < -0.39 is 11.9 Å². The van der Waals surface area contributed by atoms with Crippen LogP contribution in [0.3, 0.4) is 0 Å². The molecule has 0 bridgehead atoms. The van der Waals surface area contributed by atoms with Crippen LogP contribution >= 0.6 is 0 Å². The number of ketones is 1. The van der Waals surface area contributed by atoms with Crippen LogP contribution in [0.2, 0.25) is 0 Å². The van der Waals surface area contributed by atoms with Crippen LogP contribution in [0.25, 0.3) is 0 Å². The zero-order valence-corrected chi connectivity index (χ0v) is 18.0. The molecule has 0 unspecified atom stereocenters. The van der Waals surface area contributed by atoms with Gasteiger partial charge in [0.2, 0.25) is 0 Å². The first-order valence-electron chi connectivity index (χ1n) is 10.5. The maximum absolute atomic E-state index is 13.4. The minimum Gasteiger partial charge on any atom is -0.497 e. The standard InChI is InChI=1S/C25H26N2O4/c1-4-31-25(29)22-15(2)27-20-13-17(16-8-10-18(30-3)11-9-16)14-21(28)23(20)24(22)19-7-5-6-12-26-19/h5-12,17,24,27H,4,13-14H2,1-3H3/t17-,24-/m1/s1. The third kappa shape index (κ3) is 3.98. The molecule has 0 fully saturated rings. The minimum absolute atomic E-state index is 0.0273. The predicted octanol–water partition coefficient (Wildman–Crippen LogP) is 4.01. The van der Waals surface area contributed by atoms with Crippen LogP contribution in [0.1, 0.15) is 49.8 Å². The SMILES string of the molecule is CCOC(=O)C1=C(C)NC2=C(C(=O)C[C@H](c3ccc(OC)cc3)C2)[C@@H]1c1ccccn1. The van der Waals surface area contributed by atoms with Crippen molar-refractivity contribution in [1.29, 1.82) is 0 Å². The highest BCUT2D eigenvalue weighted by atomic mass is 16.5. The lowest BCUT2D eigenvalue weighted by Gasteiger charge is -2.36. The van der Waals surface area contributed by atoms with Gasteiger partial charge in [0, 0.05) is 29.6 Å². The summed E-state index contributed by atoms with van der Waals surface area (Å²) in [6, 6.07) is 13.4. The van der Waals surface area contributed by atoms with Gasteiger partial charge in [-0.15, -0.1) is 0 Å². The lowest BCUT2D eigenvalue weighted by atomic mass is 9.73. The highest BCUT2D eigenvalue weighted by Gasteiger charge is 2.41. The Hall–Kier alpha value is -3.41. The fourth-order valence-electron chi connectivity index (χ4n) is 4.47. The number of hydrogen-bond acceptors (Lipinski definition) is 6. The Labute approximate surface area is 182 Å². The molecule has 6 heteroatoms. The molecular weight excluding hydrogens is 392 g/mol. The average molecular weight is 418 g/mol. The molecule has 0 amide bonds. The van der Waals surface area contributed by atoms with Crippen molar-refractivity contribution in [2.75, 3.05) is 13.7 Å². The Morgan fingerprint density at radius 3 is 2.58 bits per heavy atom. The molecule has 0 saturated heterocycles. The molecule has 2 aliphatic rings. The largest absolute Gasteiger partial charge is 0.497 e. The Morgan fingerprint density at radius 2 is 1.94 bits per heavy atom. The quantitative estimate of drug-likeness (QED) is 0.739. The molecule has 31 heavy (non-hydrogen) atoms. The van der Waals surface area contributed by atoms with Gasteiger partial charge in [0.25, 0.3) is 0 Å². The van der Waals surface area contributed by atoms with E-state index in [0.717, 1.165) is 17.0 Å². The number of Topliss-reactive ketones (excluding diaryl/α,β-unsaturated/α-hetero) is 1. The van der Waals surface area contributed by atoms with Crippen LogP contribution in [0, 0.1) is 0 Å². The predicted molar refractivity (Wildman–Crippen MR) is 116 cm³/mol. The second kappa shape index (κ2) is 8.76. The summed E-state index contributed by atoms with van der Waals surface area (Å²) in [7, 11) is 1.64. The van der Waals surface area contributed by atoms with Crippen molar-refractivity contribution < 1.29 is 19.1 Å². The highest BCUT2D eigenvalue weighted by Crippen LogP contribution is 2.45. The Bertz CT molecular complexity index is 1050. The summed E-state index contributed by atoms with van der Waals surface area (Å²) in [5.41, 5.74) is 4.41. The lowest BCUT2D eigenvalue weighted by molar-refractivity contribution is -0.138. The third-order valence-corrected chi connectivity index (χ3v) is 5.89. The van der Waals surface area contributed by atoms with Gasteiger partial charge in [-0.3, -0.25) is 9.78 Å². The van der Waals surface area contributed by atoms with Gasteiger partial charge >= 0.3 is 5.97 Å². The zero-order valence-electron chi connectivity index (χ0n) is 18.0. The summed E-state index contributed by atoms with van der Waals surface area (Å²) in [5.74, 6) is -0.0687. The Balaban J connectivity index is 1.75. The topological polar surface area (TPSA) is 77.5 Å². The molecule has 160 valence electrons. The summed E-state index contributed by atoms with van der Waals surface area (Å²) in [4.78, 5) is 30.7. The first-order chi connectivity index (χ1) is 15.0. The summed E-state index contributed by atoms with van der Waals surface area (Å²) >= 11 is 0. The van der Waals surface area contributed by atoms with Crippen molar-refractivity contribution in [3.8, 4) is 5.75 Å². The fourth-order valence-corrected chi connectivity index (χ4v) is 4.47. The maximum atomic E-state index is 13.4. The third-order valence-electron chi connectivity index (χ3n) is 5.89. The summed E-state index contributed by atoms with van der Waals surface area (Å²) < 4.78 is 10.6. The summed E-state index contributed by atoms with van der Waals surface area (Å²) in [6.07, 6.45) is 2.75. The lowest BCUT2D eigenvalue weighted by Crippen LogP contribution is -2.36. The zero-order chi connectivity index (χ0) is 22.0. The van der Waals surface area contributed by atoms with E-state index in [2.05, 4.69) is 10.3 Å². The number of ether oxygens (including phenoxy) is 2. The fraction of sp³-hybridized carbons (Fsp3) is 0.320. The number of rotatable bonds is 5. The van der Waals surface area contributed by atoms with Gasteiger partial charge < -0.3 is 14.8 Å². The highest BCUT2D eigenvalue weighted by molar-refractivity contribution is 6.04. The monoisotopic (exact) mass is 418 g/mol. The van der Waals surface area contributed by atoms with E-state index in [1.165, 1.54) is 0 Å². The Morgan fingerprint density at radius 1 is 1.16 bits per heavy atom. The number of carbonyl (C=O) groups excluding carboxylic acids is 2. The number of dihydropyridines is 1. The molecule has 1 aromatic heterocycles. The molecule has 1 aromatic carbocycles. The first kappa shape index (κ1) is 20.8. The number of nitrogens with zero attached hydrogens (tertiary/aromatic N) is 1. The van der Waals surface area contributed by atoms with E-state index in [4.69, 9.17) is 9.47 Å². The van der Waals surface area contributed by atoms with Gasteiger partial charge in [0.15, 0.2) is 5.78 Å². The number of methoxy groups -OCH3 is 1. The molecule has 2 aromatic rings. The number of aromatic nitrogens is 1. The van der Waals surface area contributed by atoms with E-state index >= 15 is 0 Å². The molecule has 0 radical (unpaired) electrons. The van der Waals surface area contributed by atoms with E-state index in [9.17, 15) is 9.59 Å². The second-order valence-electron chi connectivity index (χ2n) is 7.77. The van der Waals surface area contributed by atoms with Crippen molar-refractivity contribution in [2.24, 2.45) is 0 Å². The number of hydrogen-bond donors (Lipinski definition) is 1. The van der Waals surface area contributed by atoms with Crippen LogP contribution < -0.4 is 10.1 Å². The number of pyridine rings is 1. The van der Waals surface area contributed by atoms with Gasteiger partial charge in [-0.1, -0.05) is 18.2 Å². The molecule has 1 N–H and O–H groups in total. The molecule has 1 aliphatic carbocycles. The molecule has 1 aliphatic heterocycles. The van der Waals surface area contributed by atoms with Crippen molar-refractivity contribution in [3.05, 3.63) is 82.5 Å². The second-order valence-corrected chi connectivity index (χ2v) is 7.77. The van der Waals surface area contributed by atoms with Crippen molar-refractivity contribution >= 4 is 11.8 Å². The molecule has 4 rings (SSSR count). The van der Waals surface area contributed by atoms with Crippen LogP contribution in [0.4, 0.5) is 0 Å². The summed E-state index contributed by atoms with van der Waals surface area (Å²) in [5, 5.41) is 3.35. The number of allylic oxidation sites excluding steroid dienone is 3. The smallest absolute Gasteiger partial charge is 0.336 e. The van der Waals surface area contributed by atoms with Crippen LogP contribution in [0.5, 0.6) is 5.75 Å². The van der Waals surface area contributed by atoms with Gasteiger partial charge in [-0.2, -0.15) is 0 Å². The number of benzene rings is 1. The molecule has 0 saturated carbocycles. The van der Waals surface area contributed by atoms with E-state index in [1.807, 2.05) is 49.4 Å². The molecule has 0 spiro atoms. The average Bonchev–Trinajstić information content (AvgIpc) is 2.78. The van der Waals surface area contributed by atoms with Crippen molar-refractivity contribution in [2.45, 2.75) is 38.5 Å². The minimum atomic E-state index is -0.527. The van der Waals surface area contributed by atoms with Gasteiger partial charge in [0.05, 0.1) is 30.9 Å². The molecule has 2 atom stereocenters. The summed E-state index contributed by atoms with van der Waals surface area (Å²) in [6.45, 7) is 3.90. The van der Waals surface area contributed by atoms with Crippen molar-refractivity contribution in [1.82, 2.24) is 10.3 Å². The molecular formula is C25H26N2O4.